The third-order valence-electron chi connectivity index (χ3n) is 4.67. The van der Waals surface area contributed by atoms with Gasteiger partial charge in [-0.2, -0.15) is 5.10 Å². The summed E-state index contributed by atoms with van der Waals surface area (Å²) in [4.78, 5) is 12.8. The van der Waals surface area contributed by atoms with Crippen molar-refractivity contribution in [2.75, 3.05) is 19.6 Å². The van der Waals surface area contributed by atoms with E-state index in [4.69, 9.17) is 4.42 Å². The van der Waals surface area contributed by atoms with Crippen LogP contribution in [0, 0.1) is 5.92 Å². The maximum atomic E-state index is 12.8. The van der Waals surface area contributed by atoms with Crippen LogP contribution in [-0.4, -0.2) is 35.3 Å². The van der Waals surface area contributed by atoms with Gasteiger partial charge in [-0.25, -0.2) is 4.68 Å². The Morgan fingerprint density at radius 3 is 2.81 bits per heavy atom. The number of piperidine rings is 1. The first-order chi connectivity index (χ1) is 12.8. The second-order valence-corrected chi connectivity index (χ2v) is 6.56. The third kappa shape index (κ3) is 4.40. The molecule has 0 saturated carbocycles. The lowest BCUT2D eigenvalue weighted by Crippen LogP contribution is -2.38. The van der Waals surface area contributed by atoms with Gasteiger partial charge in [0.05, 0.1) is 12.0 Å². The second kappa shape index (κ2) is 8.88. The molecule has 2 aromatic heterocycles. The third-order valence-corrected chi connectivity index (χ3v) is 4.67. The highest BCUT2D eigenvalue weighted by molar-refractivity contribution is 5.94. The van der Waals surface area contributed by atoms with Crippen LogP contribution in [0.3, 0.4) is 0 Å². The van der Waals surface area contributed by atoms with Gasteiger partial charge in [0, 0.05) is 12.6 Å². The highest BCUT2D eigenvalue weighted by atomic mass is 35.5. The standard InChI is InChI=1S/C20H22N4O2.ClH/c25-20(22-14-15-6-4-10-21-13-15)18-12-17(19-9-5-11-26-19)23-24(18)16-7-2-1-3-8-16;/h1-3,5,7-9,11-12,15,21H,4,6,10,13-14H2,(H,22,25);1H. The lowest BCUT2D eigenvalue weighted by atomic mass is 10.00. The minimum atomic E-state index is -0.121. The Morgan fingerprint density at radius 1 is 1.26 bits per heavy atom. The lowest BCUT2D eigenvalue weighted by molar-refractivity contribution is 0.0937. The predicted molar refractivity (Wildman–Crippen MR) is 106 cm³/mol. The molecule has 0 spiro atoms. The van der Waals surface area contributed by atoms with E-state index >= 15 is 0 Å². The minimum Gasteiger partial charge on any atom is -0.463 e. The molecule has 1 aliphatic rings. The smallest absolute Gasteiger partial charge is 0.270 e. The fourth-order valence-corrected chi connectivity index (χ4v) is 3.28. The molecule has 0 radical (unpaired) electrons. The largest absolute Gasteiger partial charge is 0.463 e. The number of para-hydroxylation sites is 1. The first-order valence-electron chi connectivity index (χ1n) is 8.99. The van der Waals surface area contributed by atoms with E-state index in [2.05, 4.69) is 15.7 Å². The maximum absolute atomic E-state index is 12.8. The zero-order valence-corrected chi connectivity index (χ0v) is 15.7. The maximum Gasteiger partial charge on any atom is 0.270 e. The number of furan rings is 1. The van der Waals surface area contributed by atoms with E-state index in [1.807, 2.05) is 42.5 Å². The number of aromatic nitrogens is 2. The molecule has 1 saturated heterocycles. The van der Waals surface area contributed by atoms with Crippen LogP contribution < -0.4 is 10.6 Å². The van der Waals surface area contributed by atoms with E-state index in [-0.39, 0.29) is 18.3 Å². The SMILES string of the molecule is Cl.O=C(NCC1CCCNC1)c1cc(-c2ccco2)nn1-c1ccccc1. The summed E-state index contributed by atoms with van der Waals surface area (Å²) in [6.45, 7) is 2.69. The van der Waals surface area contributed by atoms with Crippen LogP contribution in [0.2, 0.25) is 0 Å². The Kier molecular flexibility index (Phi) is 6.32. The molecule has 1 aromatic carbocycles. The Balaban J connectivity index is 0.00000210. The van der Waals surface area contributed by atoms with E-state index in [9.17, 15) is 4.79 Å². The van der Waals surface area contributed by atoms with Crippen LogP contribution in [-0.2, 0) is 0 Å². The van der Waals surface area contributed by atoms with Crippen molar-refractivity contribution in [1.82, 2.24) is 20.4 Å². The van der Waals surface area contributed by atoms with E-state index in [1.165, 1.54) is 0 Å². The van der Waals surface area contributed by atoms with Crippen LogP contribution in [0.25, 0.3) is 17.1 Å². The van der Waals surface area contributed by atoms with Gasteiger partial charge in [0.1, 0.15) is 11.4 Å². The van der Waals surface area contributed by atoms with Crippen LogP contribution in [0.15, 0.2) is 59.2 Å². The number of carbonyl (C=O) groups is 1. The number of halogens is 1. The molecule has 3 aromatic rings. The summed E-state index contributed by atoms with van der Waals surface area (Å²) >= 11 is 0. The molecule has 2 N–H and O–H groups in total. The molecular formula is C20H23ClN4O2. The summed E-state index contributed by atoms with van der Waals surface area (Å²) in [6.07, 6.45) is 3.90. The van der Waals surface area contributed by atoms with Gasteiger partial charge in [-0.05, 0) is 56.1 Å². The van der Waals surface area contributed by atoms with Gasteiger partial charge in [0.2, 0.25) is 0 Å². The zero-order valence-electron chi connectivity index (χ0n) is 14.9. The van der Waals surface area contributed by atoms with E-state index < -0.39 is 0 Å². The van der Waals surface area contributed by atoms with Crippen molar-refractivity contribution in [3.05, 3.63) is 60.5 Å². The van der Waals surface area contributed by atoms with Crippen molar-refractivity contribution in [2.45, 2.75) is 12.8 Å². The van der Waals surface area contributed by atoms with Crippen molar-refractivity contribution in [1.29, 1.82) is 0 Å². The summed E-state index contributed by atoms with van der Waals surface area (Å²) in [7, 11) is 0. The van der Waals surface area contributed by atoms with Gasteiger partial charge in [0.25, 0.3) is 5.91 Å². The van der Waals surface area contributed by atoms with Gasteiger partial charge in [-0.15, -0.1) is 12.4 Å². The number of amides is 1. The lowest BCUT2D eigenvalue weighted by Gasteiger charge is -2.22. The Bertz CT molecular complexity index is 856. The normalized spacial score (nSPS) is 16.5. The molecule has 27 heavy (non-hydrogen) atoms. The molecule has 142 valence electrons. The highest BCUT2D eigenvalue weighted by Gasteiger charge is 2.20. The molecule has 7 heteroatoms. The second-order valence-electron chi connectivity index (χ2n) is 6.56. The van der Waals surface area contributed by atoms with Crippen LogP contribution >= 0.6 is 12.4 Å². The molecule has 1 unspecified atom stereocenters. The summed E-state index contributed by atoms with van der Waals surface area (Å²) in [5, 5.41) is 11.0. The fourth-order valence-electron chi connectivity index (χ4n) is 3.28. The predicted octanol–water partition coefficient (Wildman–Crippen LogP) is 3.28. The zero-order chi connectivity index (χ0) is 17.8. The molecule has 1 fully saturated rings. The van der Waals surface area contributed by atoms with Crippen LogP contribution in [0.4, 0.5) is 0 Å². The van der Waals surface area contributed by atoms with Crippen molar-refractivity contribution < 1.29 is 9.21 Å². The van der Waals surface area contributed by atoms with Gasteiger partial charge in [0.15, 0.2) is 5.76 Å². The summed E-state index contributed by atoms with van der Waals surface area (Å²) < 4.78 is 7.12. The van der Waals surface area contributed by atoms with Crippen LogP contribution in [0.5, 0.6) is 0 Å². The average molecular weight is 387 g/mol. The number of rotatable bonds is 5. The molecule has 0 aliphatic carbocycles. The van der Waals surface area contributed by atoms with Crippen molar-refractivity contribution in [3.8, 4) is 17.1 Å². The molecule has 6 nitrogen and oxygen atoms in total. The van der Waals surface area contributed by atoms with Gasteiger partial charge in [-0.3, -0.25) is 4.79 Å². The van der Waals surface area contributed by atoms with E-state index in [0.29, 0.717) is 29.6 Å². The Morgan fingerprint density at radius 2 is 2.11 bits per heavy atom. The number of hydrogen-bond acceptors (Lipinski definition) is 4. The molecule has 3 heterocycles. The summed E-state index contributed by atoms with van der Waals surface area (Å²) in [6, 6.07) is 15.1. The number of hydrogen-bond donors (Lipinski definition) is 2. The average Bonchev–Trinajstić information content (AvgIpc) is 3.37. The first-order valence-corrected chi connectivity index (χ1v) is 8.99. The van der Waals surface area contributed by atoms with Crippen LogP contribution in [0.1, 0.15) is 23.3 Å². The molecule has 0 bridgehead atoms. The van der Waals surface area contributed by atoms with Crippen molar-refractivity contribution in [2.24, 2.45) is 5.92 Å². The first kappa shape index (κ1) is 19.2. The molecule has 1 aliphatic heterocycles. The number of nitrogens with zero attached hydrogens (tertiary/aromatic N) is 2. The van der Waals surface area contributed by atoms with Gasteiger partial charge in [-0.1, -0.05) is 18.2 Å². The highest BCUT2D eigenvalue weighted by Crippen LogP contribution is 2.22. The summed E-state index contributed by atoms with van der Waals surface area (Å²) in [5.41, 5.74) is 1.99. The number of benzene rings is 1. The monoisotopic (exact) mass is 386 g/mol. The van der Waals surface area contributed by atoms with Gasteiger partial charge >= 0.3 is 0 Å². The molecule has 4 rings (SSSR count). The quantitative estimate of drug-likeness (QED) is 0.705. The topological polar surface area (TPSA) is 72.1 Å². The number of nitrogens with one attached hydrogen (secondary N) is 2. The van der Waals surface area contributed by atoms with E-state index in [1.54, 1.807) is 17.0 Å². The van der Waals surface area contributed by atoms with Crippen molar-refractivity contribution >= 4 is 18.3 Å². The Hall–Kier alpha value is -2.57. The molecule has 1 amide bonds. The number of carbonyl (C=O) groups excluding carboxylic acids is 1. The Labute approximate surface area is 164 Å². The molecular weight excluding hydrogens is 364 g/mol. The van der Waals surface area contributed by atoms with E-state index in [0.717, 1.165) is 31.6 Å². The summed E-state index contributed by atoms with van der Waals surface area (Å²) in [5.74, 6) is 1.00. The van der Waals surface area contributed by atoms with Gasteiger partial charge < -0.3 is 15.1 Å². The van der Waals surface area contributed by atoms with Crippen molar-refractivity contribution in [3.63, 3.8) is 0 Å². The minimum absolute atomic E-state index is 0. The fraction of sp³-hybridized carbons (Fsp3) is 0.300. The molecule has 1 atom stereocenters.